The van der Waals surface area contributed by atoms with Crippen molar-refractivity contribution in [2.45, 2.75) is 12.0 Å². The fraction of sp³-hybridized carbons (Fsp3) is 0.273. The standard InChI is InChI=1S/C11H13NOS/c1-8-3-5-9-7-11(14-12-2)13-10(9)6-4-8/h3-8,12H,1-2H3. The molecule has 1 aromatic heterocycles. The lowest BCUT2D eigenvalue weighted by Crippen LogP contribution is -1.88. The lowest BCUT2D eigenvalue weighted by atomic mass is 10.1. The Labute approximate surface area is 88.2 Å². The number of rotatable bonds is 2. The Kier molecular flexibility index (Phi) is 2.79. The van der Waals surface area contributed by atoms with E-state index in [1.54, 1.807) is 0 Å². The van der Waals surface area contributed by atoms with Gasteiger partial charge in [0.15, 0.2) is 5.09 Å². The van der Waals surface area contributed by atoms with E-state index < -0.39 is 0 Å². The van der Waals surface area contributed by atoms with Crippen molar-refractivity contribution in [1.29, 1.82) is 0 Å². The molecule has 1 aromatic rings. The Morgan fingerprint density at radius 1 is 1.36 bits per heavy atom. The molecule has 0 aliphatic heterocycles. The van der Waals surface area contributed by atoms with Crippen molar-refractivity contribution in [1.82, 2.24) is 4.72 Å². The van der Waals surface area contributed by atoms with Gasteiger partial charge in [-0.05, 0) is 37.1 Å². The van der Waals surface area contributed by atoms with Crippen LogP contribution in [-0.4, -0.2) is 7.05 Å². The number of allylic oxidation sites excluding steroid dienone is 2. The summed E-state index contributed by atoms with van der Waals surface area (Å²) in [6.07, 6.45) is 8.47. The zero-order valence-electron chi connectivity index (χ0n) is 8.28. The minimum atomic E-state index is 0.484. The fourth-order valence-corrected chi connectivity index (χ4v) is 1.88. The van der Waals surface area contributed by atoms with Crippen LogP contribution in [0.15, 0.2) is 27.7 Å². The minimum Gasteiger partial charge on any atom is -0.449 e. The maximum atomic E-state index is 5.64. The third-order valence-electron chi connectivity index (χ3n) is 2.10. The molecule has 1 aliphatic rings. The first-order valence-corrected chi connectivity index (χ1v) is 5.45. The molecule has 0 saturated carbocycles. The van der Waals surface area contributed by atoms with Gasteiger partial charge in [0.25, 0.3) is 0 Å². The SMILES string of the molecule is CNSc1cc2c(o1)C=CC(C)C=C2. The van der Waals surface area contributed by atoms with Gasteiger partial charge in [0, 0.05) is 5.56 Å². The Hall–Kier alpha value is -0.930. The number of hydrogen-bond acceptors (Lipinski definition) is 3. The number of hydrogen-bond donors (Lipinski definition) is 1. The van der Waals surface area contributed by atoms with Gasteiger partial charge in [-0.25, -0.2) is 0 Å². The second kappa shape index (κ2) is 4.07. The predicted octanol–water partition coefficient (Wildman–Crippen LogP) is 3.18. The molecule has 0 radical (unpaired) electrons. The first kappa shape index (κ1) is 9.62. The van der Waals surface area contributed by atoms with Crippen molar-refractivity contribution in [3.8, 4) is 0 Å². The van der Waals surface area contributed by atoms with E-state index in [4.69, 9.17) is 4.42 Å². The van der Waals surface area contributed by atoms with E-state index in [9.17, 15) is 0 Å². The largest absolute Gasteiger partial charge is 0.449 e. The fourth-order valence-electron chi connectivity index (χ4n) is 1.37. The van der Waals surface area contributed by atoms with Crippen LogP contribution in [0.4, 0.5) is 0 Å². The summed E-state index contributed by atoms with van der Waals surface area (Å²) in [5.74, 6) is 1.43. The molecule has 0 saturated heterocycles. The van der Waals surface area contributed by atoms with Crippen LogP contribution >= 0.6 is 11.9 Å². The third-order valence-corrected chi connectivity index (χ3v) is 2.71. The van der Waals surface area contributed by atoms with Gasteiger partial charge in [0.1, 0.15) is 5.76 Å². The highest BCUT2D eigenvalue weighted by Gasteiger charge is 2.09. The summed E-state index contributed by atoms with van der Waals surface area (Å²) in [4.78, 5) is 0. The van der Waals surface area contributed by atoms with Gasteiger partial charge in [-0.2, -0.15) is 0 Å². The van der Waals surface area contributed by atoms with E-state index >= 15 is 0 Å². The molecular weight excluding hydrogens is 194 g/mol. The predicted molar refractivity (Wildman–Crippen MR) is 60.9 cm³/mol. The molecule has 1 unspecified atom stereocenters. The quantitative estimate of drug-likeness (QED) is 0.754. The summed E-state index contributed by atoms with van der Waals surface area (Å²) in [6.45, 7) is 2.15. The van der Waals surface area contributed by atoms with Crippen LogP contribution in [0.3, 0.4) is 0 Å². The molecule has 1 N–H and O–H groups in total. The molecule has 0 amide bonds. The molecule has 0 spiro atoms. The second-order valence-electron chi connectivity index (χ2n) is 3.27. The molecule has 74 valence electrons. The molecule has 3 heteroatoms. The highest BCUT2D eigenvalue weighted by atomic mass is 32.2. The summed E-state index contributed by atoms with van der Waals surface area (Å²) in [5, 5.41) is 0.904. The minimum absolute atomic E-state index is 0.484. The van der Waals surface area contributed by atoms with E-state index in [1.807, 2.05) is 13.1 Å². The first-order chi connectivity index (χ1) is 6.79. The average Bonchev–Trinajstić information content (AvgIpc) is 2.47. The third kappa shape index (κ3) is 1.94. The highest BCUT2D eigenvalue weighted by Crippen LogP contribution is 2.27. The van der Waals surface area contributed by atoms with Gasteiger partial charge < -0.3 is 4.42 Å². The summed E-state index contributed by atoms with van der Waals surface area (Å²) in [6, 6.07) is 2.05. The zero-order valence-corrected chi connectivity index (χ0v) is 9.10. The van der Waals surface area contributed by atoms with Crippen molar-refractivity contribution < 1.29 is 4.42 Å². The Morgan fingerprint density at radius 2 is 2.14 bits per heavy atom. The monoisotopic (exact) mass is 207 g/mol. The average molecular weight is 207 g/mol. The smallest absolute Gasteiger partial charge is 0.176 e. The van der Waals surface area contributed by atoms with Crippen LogP contribution in [0, 0.1) is 5.92 Å². The van der Waals surface area contributed by atoms with Crippen molar-refractivity contribution in [2.24, 2.45) is 5.92 Å². The van der Waals surface area contributed by atoms with Crippen LogP contribution < -0.4 is 4.72 Å². The Balaban J connectivity index is 2.31. The maximum Gasteiger partial charge on any atom is 0.176 e. The molecule has 2 rings (SSSR count). The van der Waals surface area contributed by atoms with E-state index in [0.717, 1.165) is 16.4 Å². The lowest BCUT2D eigenvalue weighted by Gasteiger charge is -1.93. The highest BCUT2D eigenvalue weighted by molar-refractivity contribution is 7.97. The summed E-state index contributed by atoms with van der Waals surface area (Å²) >= 11 is 1.49. The zero-order chi connectivity index (χ0) is 9.97. The van der Waals surface area contributed by atoms with Crippen molar-refractivity contribution in [2.75, 3.05) is 7.05 Å². The van der Waals surface area contributed by atoms with E-state index in [-0.39, 0.29) is 0 Å². The number of furan rings is 1. The van der Waals surface area contributed by atoms with Gasteiger partial charge in [-0.15, -0.1) is 0 Å². The molecule has 1 atom stereocenters. The summed E-state index contributed by atoms with van der Waals surface area (Å²) in [7, 11) is 1.88. The van der Waals surface area contributed by atoms with Crippen LogP contribution in [0.25, 0.3) is 12.2 Å². The lowest BCUT2D eigenvalue weighted by molar-refractivity contribution is 0.465. The molecule has 1 heterocycles. The molecule has 14 heavy (non-hydrogen) atoms. The van der Waals surface area contributed by atoms with Crippen LogP contribution in [0.1, 0.15) is 18.2 Å². The summed E-state index contributed by atoms with van der Waals surface area (Å²) in [5.41, 5.74) is 1.16. The Morgan fingerprint density at radius 3 is 2.93 bits per heavy atom. The van der Waals surface area contributed by atoms with Gasteiger partial charge in [-0.1, -0.05) is 25.2 Å². The number of nitrogens with one attached hydrogen (secondary N) is 1. The van der Waals surface area contributed by atoms with E-state index in [2.05, 4.69) is 35.9 Å². The normalized spacial score (nSPS) is 19.4. The molecule has 1 aliphatic carbocycles. The van der Waals surface area contributed by atoms with E-state index in [1.165, 1.54) is 11.9 Å². The van der Waals surface area contributed by atoms with Crippen LogP contribution in [0.5, 0.6) is 0 Å². The molecular formula is C11H13NOS. The van der Waals surface area contributed by atoms with Gasteiger partial charge in [0.05, 0.1) is 0 Å². The van der Waals surface area contributed by atoms with Gasteiger partial charge >= 0.3 is 0 Å². The number of fused-ring (bicyclic) bond motifs is 1. The Bertz CT molecular complexity index is 347. The van der Waals surface area contributed by atoms with Crippen LogP contribution in [0.2, 0.25) is 0 Å². The van der Waals surface area contributed by atoms with Crippen LogP contribution in [-0.2, 0) is 0 Å². The van der Waals surface area contributed by atoms with Crippen molar-refractivity contribution in [3.05, 3.63) is 29.5 Å². The summed E-state index contributed by atoms with van der Waals surface area (Å²) < 4.78 is 8.63. The van der Waals surface area contributed by atoms with Gasteiger partial charge in [0.2, 0.25) is 0 Å². The molecule has 0 fully saturated rings. The second-order valence-corrected chi connectivity index (χ2v) is 4.28. The molecule has 0 bridgehead atoms. The molecule has 2 nitrogen and oxygen atoms in total. The van der Waals surface area contributed by atoms with Crippen molar-refractivity contribution >= 4 is 24.1 Å². The van der Waals surface area contributed by atoms with E-state index in [0.29, 0.717) is 5.92 Å². The van der Waals surface area contributed by atoms with Crippen molar-refractivity contribution in [3.63, 3.8) is 0 Å². The van der Waals surface area contributed by atoms with Gasteiger partial charge in [-0.3, -0.25) is 4.72 Å². The molecule has 0 aromatic carbocycles. The maximum absolute atomic E-state index is 5.64. The topological polar surface area (TPSA) is 25.2 Å². The first-order valence-electron chi connectivity index (χ1n) is 4.63.